The van der Waals surface area contributed by atoms with Crippen molar-refractivity contribution in [2.24, 2.45) is 0 Å². The molecular weight excluding hydrogens is 368 g/mol. The van der Waals surface area contributed by atoms with Crippen LogP contribution >= 0.6 is 11.8 Å². The highest BCUT2D eigenvalue weighted by Gasteiger charge is 2.14. The van der Waals surface area contributed by atoms with Gasteiger partial charge in [0, 0.05) is 43.0 Å². The first kappa shape index (κ1) is 19.2. The van der Waals surface area contributed by atoms with Crippen molar-refractivity contribution in [2.45, 2.75) is 5.03 Å². The number of nitrogens with one attached hydrogen (secondary N) is 1. The number of thioether (sulfide) groups is 1. The predicted octanol–water partition coefficient (Wildman–Crippen LogP) is 2.06. The number of methoxy groups -OCH3 is 2. The molecule has 1 saturated heterocycles. The zero-order valence-corrected chi connectivity index (χ0v) is 16.1. The summed E-state index contributed by atoms with van der Waals surface area (Å²) in [6, 6.07) is 7.13. The SMILES string of the molecule is COc1cc(NC(=O)CSc2cc(N3CCOCC3)ncn2)cc(OC)c1. The van der Waals surface area contributed by atoms with E-state index in [0.717, 1.165) is 23.9 Å². The number of ether oxygens (including phenoxy) is 3. The van der Waals surface area contributed by atoms with Gasteiger partial charge in [0.25, 0.3) is 0 Å². The summed E-state index contributed by atoms with van der Waals surface area (Å²) in [6.07, 6.45) is 1.53. The maximum absolute atomic E-state index is 12.3. The Kier molecular flexibility index (Phi) is 6.72. The molecule has 144 valence electrons. The van der Waals surface area contributed by atoms with Gasteiger partial charge in [-0.15, -0.1) is 0 Å². The monoisotopic (exact) mass is 390 g/mol. The van der Waals surface area contributed by atoms with Crippen molar-refractivity contribution >= 4 is 29.2 Å². The smallest absolute Gasteiger partial charge is 0.234 e. The minimum atomic E-state index is -0.137. The lowest BCUT2D eigenvalue weighted by molar-refractivity contribution is -0.113. The molecule has 1 aliphatic heterocycles. The van der Waals surface area contributed by atoms with E-state index >= 15 is 0 Å². The van der Waals surface area contributed by atoms with Gasteiger partial charge in [0.1, 0.15) is 28.7 Å². The van der Waals surface area contributed by atoms with E-state index in [1.165, 1.54) is 18.1 Å². The first-order chi connectivity index (χ1) is 13.2. The third-order valence-electron chi connectivity index (χ3n) is 3.95. The number of morpholine rings is 1. The molecule has 2 heterocycles. The summed E-state index contributed by atoms with van der Waals surface area (Å²) in [5.41, 5.74) is 0.619. The van der Waals surface area contributed by atoms with Gasteiger partial charge in [-0.2, -0.15) is 0 Å². The summed E-state index contributed by atoms with van der Waals surface area (Å²) in [6.45, 7) is 3.00. The second-order valence-corrected chi connectivity index (χ2v) is 6.75. The highest BCUT2D eigenvalue weighted by atomic mass is 32.2. The van der Waals surface area contributed by atoms with Gasteiger partial charge < -0.3 is 24.4 Å². The normalized spacial score (nSPS) is 13.9. The summed E-state index contributed by atoms with van der Waals surface area (Å²) in [4.78, 5) is 23.0. The molecule has 8 nitrogen and oxygen atoms in total. The topological polar surface area (TPSA) is 85.8 Å². The van der Waals surface area contributed by atoms with Crippen LogP contribution in [0, 0.1) is 0 Å². The van der Waals surface area contributed by atoms with Gasteiger partial charge in [-0.3, -0.25) is 4.79 Å². The molecule has 2 aromatic rings. The van der Waals surface area contributed by atoms with Gasteiger partial charge >= 0.3 is 0 Å². The van der Waals surface area contributed by atoms with Gasteiger partial charge in [-0.25, -0.2) is 9.97 Å². The van der Waals surface area contributed by atoms with Crippen molar-refractivity contribution in [3.8, 4) is 11.5 Å². The molecule has 1 amide bonds. The van der Waals surface area contributed by atoms with E-state index in [1.807, 2.05) is 6.07 Å². The summed E-state index contributed by atoms with van der Waals surface area (Å²) >= 11 is 1.36. The van der Waals surface area contributed by atoms with Crippen LogP contribution in [0.4, 0.5) is 11.5 Å². The molecule has 1 N–H and O–H groups in total. The average molecular weight is 390 g/mol. The minimum absolute atomic E-state index is 0.137. The third kappa shape index (κ3) is 5.48. The number of nitrogens with zero attached hydrogens (tertiary/aromatic N) is 3. The summed E-state index contributed by atoms with van der Waals surface area (Å²) in [7, 11) is 3.13. The second kappa shape index (κ2) is 9.43. The lowest BCUT2D eigenvalue weighted by atomic mass is 10.2. The van der Waals surface area contributed by atoms with Gasteiger partial charge in [0.15, 0.2) is 0 Å². The lowest BCUT2D eigenvalue weighted by Crippen LogP contribution is -2.36. The number of carbonyl (C=O) groups is 1. The molecule has 1 aromatic carbocycles. The number of amides is 1. The Morgan fingerprint density at radius 2 is 1.85 bits per heavy atom. The van der Waals surface area contributed by atoms with Gasteiger partial charge in [0.05, 0.1) is 33.2 Å². The van der Waals surface area contributed by atoms with E-state index in [0.29, 0.717) is 30.4 Å². The Morgan fingerprint density at radius 3 is 2.52 bits per heavy atom. The number of hydrogen-bond donors (Lipinski definition) is 1. The maximum atomic E-state index is 12.3. The van der Waals surface area contributed by atoms with Crippen LogP contribution in [0.5, 0.6) is 11.5 Å². The van der Waals surface area contributed by atoms with Crippen molar-refractivity contribution < 1.29 is 19.0 Å². The second-order valence-electron chi connectivity index (χ2n) is 5.75. The summed E-state index contributed by atoms with van der Waals surface area (Å²) in [5.74, 6) is 2.18. The molecule has 0 unspecified atom stereocenters. The molecule has 1 aromatic heterocycles. The molecule has 3 rings (SSSR count). The number of carbonyl (C=O) groups excluding carboxylic acids is 1. The van der Waals surface area contributed by atoms with Crippen molar-refractivity contribution in [2.75, 3.05) is 56.5 Å². The molecule has 1 fully saturated rings. The Morgan fingerprint density at radius 1 is 1.15 bits per heavy atom. The molecule has 0 aliphatic carbocycles. The van der Waals surface area contributed by atoms with Crippen LogP contribution in [-0.2, 0) is 9.53 Å². The quantitative estimate of drug-likeness (QED) is 0.568. The molecule has 0 spiro atoms. The first-order valence-electron chi connectivity index (χ1n) is 8.48. The third-order valence-corrected chi connectivity index (χ3v) is 4.87. The van der Waals surface area contributed by atoms with Crippen molar-refractivity contribution in [3.63, 3.8) is 0 Å². The zero-order chi connectivity index (χ0) is 19.1. The number of benzene rings is 1. The number of rotatable bonds is 7. The van der Waals surface area contributed by atoms with E-state index in [1.54, 1.807) is 32.4 Å². The van der Waals surface area contributed by atoms with Crippen LogP contribution in [0.3, 0.4) is 0 Å². The summed E-state index contributed by atoms with van der Waals surface area (Å²) in [5, 5.41) is 3.60. The van der Waals surface area contributed by atoms with Crippen LogP contribution in [-0.4, -0.2) is 62.2 Å². The van der Waals surface area contributed by atoms with E-state index < -0.39 is 0 Å². The first-order valence-corrected chi connectivity index (χ1v) is 9.47. The van der Waals surface area contributed by atoms with Crippen LogP contribution in [0.25, 0.3) is 0 Å². The van der Waals surface area contributed by atoms with Crippen LogP contribution in [0.1, 0.15) is 0 Å². The average Bonchev–Trinajstić information content (AvgIpc) is 2.72. The van der Waals surface area contributed by atoms with E-state index in [-0.39, 0.29) is 11.7 Å². The molecule has 9 heteroatoms. The molecule has 0 bridgehead atoms. The van der Waals surface area contributed by atoms with Crippen molar-refractivity contribution in [1.82, 2.24) is 9.97 Å². The van der Waals surface area contributed by atoms with E-state index in [9.17, 15) is 4.79 Å². The van der Waals surface area contributed by atoms with E-state index in [2.05, 4.69) is 20.2 Å². The fourth-order valence-corrected chi connectivity index (χ4v) is 3.25. The predicted molar refractivity (Wildman–Crippen MR) is 104 cm³/mol. The fraction of sp³-hybridized carbons (Fsp3) is 0.389. The van der Waals surface area contributed by atoms with E-state index in [4.69, 9.17) is 14.2 Å². The van der Waals surface area contributed by atoms with Crippen molar-refractivity contribution in [1.29, 1.82) is 0 Å². The molecule has 27 heavy (non-hydrogen) atoms. The highest BCUT2D eigenvalue weighted by Crippen LogP contribution is 2.26. The van der Waals surface area contributed by atoms with Gasteiger partial charge in [0.2, 0.25) is 5.91 Å². The van der Waals surface area contributed by atoms with Gasteiger partial charge in [-0.1, -0.05) is 11.8 Å². The zero-order valence-electron chi connectivity index (χ0n) is 15.3. The number of hydrogen-bond acceptors (Lipinski definition) is 8. The lowest BCUT2D eigenvalue weighted by Gasteiger charge is -2.27. The van der Waals surface area contributed by atoms with Crippen LogP contribution < -0.4 is 19.7 Å². The number of aromatic nitrogens is 2. The van der Waals surface area contributed by atoms with Crippen LogP contribution in [0.2, 0.25) is 0 Å². The maximum Gasteiger partial charge on any atom is 0.234 e. The Balaban J connectivity index is 1.58. The summed E-state index contributed by atoms with van der Waals surface area (Å²) < 4.78 is 15.8. The van der Waals surface area contributed by atoms with Gasteiger partial charge in [-0.05, 0) is 0 Å². The number of anilines is 2. The molecule has 0 atom stereocenters. The fourth-order valence-electron chi connectivity index (χ4n) is 2.59. The Bertz CT molecular complexity index is 761. The molecule has 0 saturated carbocycles. The molecule has 1 aliphatic rings. The Hall–Kier alpha value is -2.52. The van der Waals surface area contributed by atoms with Crippen LogP contribution in [0.15, 0.2) is 35.6 Å². The molecule has 0 radical (unpaired) electrons. The standard InChI is InChI=1S/C18H22N4O4S/c1-24-14-7-13(8-15(9-14)25-2)21-17(23)11-27-18-10-16(19-12-20-18)22-3-5-26-6-4-22/h7-10,12H,3-6,11H2,1-2H3,(H,21,23). The minimum Gasteiger partial charge on any atom is -0.497 e. The molecular formula is C18H22N4O4S. The van der Waals surface area contributed by atoms with Crippen molar-refractivity contribution in [3.05, 3.63) is 30.6 Å². The Labute approximate surface area is 162 Å². The highest BCUT2D eigenvalue weighted by molar-refractivity contribution is 7.99. The largest absolute Gasteiger partial charge is 0.497 e.